The molecule has 0 spiro atoms. The van der Waals surface area contributed by atoms with E-state index in [1.54, 1.807) is 0 Å². The monoisotopic (exact) mass is 360 g/mol. The molecule has 1 unspecified atom stereocenters. The molecule has 6 heteroatoms. The lowest BCUT2D eigenvalue weighted by Gasteiger charge is -2.35. The molecule has 3 rings (SSSR count). The Morgan fingerprint density at radius 3 is 2.80 bits per heavy atom. The molecule has 0 aliphatic carbocycles. The maximum absolute atomic E-state index is 12.7. The van der Waals surface area contributed by atoms with E-state index < -0.39 is 0 Å². The van der Waals surface area contributed by atoms with Crippen LogP contribution in [0.15, 0.2) is 36.8 Å². The SMILES string of the molecule is CN(C)CCC1CN(C(=O)CCc2ccc(Cl)cc2)Cc2cncn21. The molecule has 0 fully saturated rings. The van der Waals surface area contributed by atoms with E-state index in [1.165, 1.54) is 0 Å². The van der Waals surface area contributed by atoms with E-state index in [9.17, 15) is 4.79 Å². The van der Waals surface area contributed by atoms with Crippen molar-refractivity contribution in [3.63, 3.8) is 0 Å². The minimum atomic E-state index is 0.206. The van der Waals surface area contributed by atoms with Gasteiger partial charge in [0.1, 0.15) is 0 Å². The predicted octanol–water partition coefficient (Wildman–Crippen LogP) is 3.00. The van der Waals surface area contributed by atoms with Gasteiger partial charge in [0.15, 0.2) is 0 Å². The summed E-state index contributed by atoms with van der Waals surface area (Å²) >= 11 is 5.91. The third-order valence-corrected chi connectivity index (χ3v) is 4.98. The second-order valence-electron chi connectivity index (χ2n) is 6.94. The van der Waals surface area contributed by atoms with Gasteiger partial charge in [0.2, 0.25) is 5.91 Å². The third-order valence-electron chi connectivity index (χ3n) is 4.73. The fraction of sp³-hybridized carbons (Fsp3) is 0.474. The number of nitrogens with zero attached hydrogens (tertiary/aromatic N) is 4. The highest BCUT2D eigenvalue weighted by Gasteiger charge is 2.27. The Hall–Kier alpha value is -1.85. The first-order valence-corrected chi connectivity index (χ1v) is 9.08. The summed E-state index contributed by atoms with van der Waals surface area (Å²) in [6.07, 6.45) is 6.05. The first kappa shape index (κ1) is 18.0. The van der Waals surface area contributed by atoms with Gasteiger partial charge < -0.3 is 14.4 Å². The Morgan fingerprint density at radius 2 is 2.08 bits per heavy atom. The van der Waals surface area contributed by atoms with Crippen molar-refractivity contribution in [3.05, 3.63) is 53.1 Å². The average Bonchev–Trinajstić information content (AvgIpc) is 3.07. The van der Waals surface area contributed by atoms with E-state index in [1.807, 2.05) is 41.7 Å². The van der Waals surface area contributed by atoms with Crippen molar-refractivity contribution < 1.29 is 4.79 Å². The molecular weight excluding hydrogens is 336 g/mol. The number of carbonyl (C=O) groups excluding carboxylic acids is 1. The molecule has 0 saturated carbocycles. The second-order valence-corrected chi connectivity index (χ2v) is 7.38. The largest absolute Gasteiger partial charge is 0.335 e. The maximum atomic E-state index is 12.7. The smallest absolute Gasteiger partial charge is 0.223 e. The van der Waals surface area contributed by atoms with E-state index in [4.69, 9.17) is 11.6 Å². The van der Waals surface area contributed by atoms with Crippen LogP contribution in [0.25, 0.3) is 0 Å². The van der Waals surface area contributed by atoms with E-state index in [-0.39, 0.29) is 5.91 Å². The van der Waals surface area contributed by atoms with E-state index >= 15 is 0 Å². The lowest BCUT2D eigenvalue weighted by Crippen LogP contribution is -2.41. The fourth-order valence-electron chi connectivity index (χ4n) is 3.27. The second kappa shape index (κ2) is 8.02. The molecule has 25 heavy (non-hydrogen) atoms. The molecule has 1 atom stereocenters. The summed E-state index contributed by atoms with van der Waals surface area (Å²) in [6, 6.07) is 8.02. The molecule has 134 valence electrons. The summed E-state index contributed by atoms with van der Waals surface area (Å²) < 4.78 is 2.23. The highest BCUT2D eigenvalue weighted by molar-refractivity contribution is 6.30. The lowest BCUT2D eigenvalue weighted by atomic mass is 10.1. The summed E-state index contributed by atoms with van der Waals surface area (Å²) in [4.78, 5) is 21.1. The molecule has 0 radical (unpaired) electrons. The van der Waals surface area contributed by atoms with E-state index in [2.05, 4.69) is 28.5 Å². The summed E-state index contributed by atoms with van der Waals surface area (Å²) in [5.74, 6) is 0.206. The van der Waals surface area contributed by atoms with Crippen LogP contribution in [0.4, 0.5) is 0 Å². The Balaban J connectivity index is 1.61. The molecule has 1 amide bonds. The molecular formula is C19H25ClN4O. The van der Waals surface area contributed by atoms with Gasteiger partial charge in [-0.05, 0) is 51.2 Å². The van der Waals surface area contributed by atoms with Gasteiger partial charge in [0.25, 0.3) is 0 Å². The number of halogens is 1. The van der Waals surface area contributed by atoms with Crippen molar-refractivity contribution in [2.45, 2.75) is 31.8 Å². The van der Waals surface area contributed by atoms with Gasteiger partial charge in [-0.25, -0.2) is 4.98 Å². The molecule has 0 saturated heterocycles. The molecule has 0 bridgehead atoms. The zero-order chi connectivity index (χ0) is 17.8. The molecule has 0 N–H and O–H groups in total. The van der Waals surface area contributed by atoms with Gasteiger partial charge in [0, 0.05) is 24.2 Å². The predicted molar refractivity (Wildman–Crippen MR) is 99.6 cm³/mol. The molecule has 1 aromatic heterocycles. The van der Waals surface area contributed by atoms with Gasteiger partial charge in [-0.2, -0.15) is 0 Å². The number of hydrogen-bond donors (Lipinski definition) is 0. The van der Waals surface area contributed by atoms with Crippen molar-refractivity contribution in [3.8, 4) is 0 Å². The average molecular weight is 361 g/mol. The van der Waals surface area contributed by atoms with Crippen LogP contribution in [0.1, 0.15) is 30.1 Å². The van der Waals surface area contributed by atoms with Crippen LogP contribution in [-0.4, -0.2) is 52.4 Å². The van der Waals surface area contributed by atoms with Gasteiger partial charge in [0.05, 0.1) is 24.6 Å². The first-order valence-electron chi connectivity index (χ1n) is 8.70. The highest BCUT2D eigenvalue weighted by atomic mass is 35.5. The Labute approximate surface area is 154 Å². The number of hydrogen-bond acceptors (Lipinski definition) is 3. The van der Waals surface area contributed by atoms with Crippen LogP contribution in [0, 0.1) is 0 Å². The minimum absolute atomic E-state index is 0.206. The van der Waals surface area contributed by atoms with E-state index in [0.717, 1.165) is 42.2 Å². The first-order chi connectivity index (χ1) is 12.0. The van der Waals surface area contributed by atoms with Crippen molar-refractivity contribution in [1.82, 2.24) is 19.4 Å². The van der Waals surface area contributed by atoms with Gasteiger partial charge in [-0.1, -0.05) is 23.7 Å². The summed E-state index contributed by atoms with van der Waals surface area (Å²) in [5, 5.41) is 0.725. The number of imidazole rings is 1. The quantitative estimate of drug-likeness (QED) is 0.795. The Bertz CT molecular complexity index is 710. The summed E-state index contributed by atoms with van der Waals surface area (Å²) in [6.45, 7) is 2.41. The molecule has 1 aliphatic heterocycles. The minimum Gasteiger partial charge on any atom is -0.335 e. The van der Waals surface area contributed by atoms with Crippen LogP contribution in [-0.2, 0) is 17.8 Å². The fourth-order valence-corrected chi connectivity index (χ4v) is 3.40. The van der Waals surface area contributed by atoms with Crippen LogP contribution in [0.2, 0.25) is 5.02 Å². The number of amides is 1. The van der Waals surface area contributed by atoms with Crippen LogP contribution in [0.3, 0.4) is 0 Å². The highest BCUT2D eigenvalue weighted by Crippen LogP contribution is 2.24. The molecule has 2 heterocycles. The van der Waals surface area contributed by atoms with Crippen LogP contribution >= 0.6 is 11.6 Å². The number of fused-ring (bicyclic) bond motifs is 1. The van der Waals surface area contributed by atoms with Crippen molar-refractivity contribution in [2.24, 2.45) is 0 Å². The van der Waals surface area contributed by atoms with Crippen molar-refractivity contribution >= 4 is 17.5 Å². The number of aryl methyl sites for hydroxylation is 1. The summed E-state index contributed by atoms with van der Waals surface area (Å²) in [7, 11) is 4.15. The standard InChI is InChI=1S/C19H25ClN4O/c1-22(2)10-9-17-12-23(13-18-11-21-14-24(17)18)19(25)8-5-15-3-6-16(20)7-4-15/h3-4,6-7,11,14,17H,5,8-10,12-13H2,1-2H3. The van der Waals surface area contributed by atoms with Crippen molar-refractivity contribution in [2.75, 3.05) is 27.2 Å². The number of carbonyl (C=O) groups is 1. The van der Waals surface area contributed by atoms with Gasteiger partial charge in [-0.3, -0.25) is 4.79 Å². The Kier molecular flexibility index (Phi) is 5.76. The van der Waals surface area contributed by atoms with Gasteiger partial charge in [-0.15, -0.1) is 0 Å². The Morgan fingerprint density at radius 1 is 1.32 bits per heavy atom. The molecule has 2 aromatic rings. The van der Waals surface area contributed by atoms with Crippen LogP contribution in [0.5, 0.6) is 0 Å². The summed E-state index contributed by atoms with van der Waals surface area (Å²) in [5.41, 5.74) is 2.26. The van der Waals surface area contributed by atoms with E-state index in [0.29, 0.717) is 19.0 Å². The number of rotatable bonds is 6. The van der Waals surface area contributed by atoms with Crippen LogP contribution < -0.4 is 0 Å². The number of benzene rings is 1. The number of aromatic nitrogens is 2. The maximum Gasteiger partial charge on any atom is 0.223 e. The lowest BCUT2D eigenvalue weighted by molar-refractivity contribution is -0.133. The zero-order valence-corrected chi connectivity index (χ0v) is 15.6. The normalized spacial score (nSPS) is 17.0. The molecule has 1 aliphatic rings. The van der Waals surface area contributed by atoms with Gasteiger partial charge >= 0.3 is 0 Å². The zero-order valence-electron chi connectivity index (χ0n) is 14.9. The topological polar surface area (TPSA) is 41.4 Å². The van der Waals surface area contributed by atoms with Crippen molar-refractivity contribution in [1.29, 1.82) is 0 Å². The third kappa shape index (κ3) is 4.61. The molecule has 1 aromatic carbocycles. The molecule has 5 nitrogen and oxygen atoms in total.